The van der Waals surface area contributed by atoms with Gasteiger partial charge in [0.2, 0.25) is 0 Å². The second kappa shape index (κ2) is 5.64. The van der Waals surface area contributed by atoms with E-state index in [9.17, 15) is 9.90 Å². The summed E-state index contributed by atoms with van der Waals surface area (Å²) in [5, 5.41) is 18.4. The molecular formula is C13H12O4S. The number of aromatic hydroxyl groups is 2. The molecule has 0 radical (unpaired) electrons. The smallest absolute Gasteiger partial charge is 0.172 e. The fraction of sp³-hybridized carbons (Fsp3) is 0.154. The Morgan fingerprint density at radius 1 is 1.22 bits per heavy atom. The summed E-state index contributed by atoms with van der Waals surface area (Å²) in [6.45, 7) is 0. The van der Waals surface area contributed by atoms with E-state index in [1.807, 2.05) is 6.07 Å². The van der Waals surface area contributed by atoms with Crippen LogP contribution >= 0.6 is 11.8 Å². The van der Waals surface area contributed by atoms with Crippen molar-refractivity contribution in [2.24, 2.45) is 0 Å². The third-order valence-electron chi connectivity index (χ3n) is 2.35. The summed E-state index contributed by atoms with van der Waals surface area (Å²) >= 11 is 1.44. The second-order valence-corrected chi connectivity index (χ2v) is 4.68. The molecule has 0 amide bonds. The van der Waals surface area contributed by atoms with Crippen LogP contribution in [0.5, 0.6) is 11.5 Å². The van der Waals surface area contributed by atoms with Crippen LogP contribution in [0.2, 0.25) is 0 Å². The summed E-state index contributed by atoms with van der Waals surface area (Å²) in [5.74, 6) is 1.14. The molecule has 2 rings (SSSR count). The predicted octanol–water partition coefficient (Wildman–Crippen LogP) is 2.81. The summed E-state index contributed by atoms with van der Waals surface area (Å²) in [7, 11) is 0. The molecule has 0 atom stereocenters. The zero-order chi connectivity index (χ0) is 13.0. The van der Waals surface area contributed by atoms with Gasteiger partial charge in [-0.1, -0.05) is 0 Å². The number of phenolic OH excluding ortho intramolecular Hbond substituents is 2. The number of carbonyl (C=O) groups is 1. The Bertz CT molecular complexity index is 534. The average Bonchev–Trinajstić information content (AvgIpc) is 2.85. The summed E-state index contributed by atoms with van der Waals surface area (Å²) in [5.41, 5.74) is 0.386. The van der Waals surface area contributed by atoms with Gasteiger partial charge in [0, 0.05) is 5.56 Å². The van der Waals surface area contributed by atoms with Crippen LogP contribution in [0.25, 0.3) is 0 Å². The third-order valence-corrected chi connectivity index (χ3v) is 3.31. The van der Waals surface area contributed by atoms with Crippen molar-refractivity contribution in [1.82, 2.24) is 0 Å². The Morgan fingerprint density at radius 3 is 2.72 bits per heavy atom. The van der Waals surface area contributed by atoms with Gasteiger partial charge < -0.3 is 14.6 Å². The predicted molar refractivity (Wildman–Crippen MR) is 69.0 cm³/mol. The standard InChI is InChI=1S/C13H12O4S/c14-11-4-3-9(6-12(11)15)13(16)8-18-7-10-2-1-5-17-10/h1-6,14-15H,7-8H2. The van der Waals surface area contributed by atoms with Crippen LogP contribution in [-0.4, -0.2) is 21.7 Å². The Balaban J connectivity index is 1.89. The van der Waals surface area contributed by atoms with Gasteiger partial charge in [0.15, 0.2) is 17.3 Å². The number of rotatable bonds is 5. The average molecular weight is 264 g/mol. The maximum absolute atomic E-state index is 11.8. The number of benzene rings is 1. The van der Waals surface area contributed by atoms with E-state index >= 15 is 0 Å². The van der Waals surface area contributed by atoms with Crippen molar-refractivity contribution >= 4 is 17.5 Å². The molecule has 18 heavy (non-hydrogen) atoms. The lowest BCUT2D eigenvalue weighted by Crippen LogP contribution is -2.02. The van der Waals surface area contributed by atoms with Gasteiger partial charge in [-0.2, -0.15) is 0 Å². The lowest BCUT2D eigenvalue weighted by atomic mass is 10.1. The van der Waals surface area contributed by atoms with Crippen molar-refractivity contribution in [3.63, 3.8) is 0 Å². The number of phenols is 2. The number of carbonyl (C=O) groups excluding carboxylic acids is 1. The van der Waals surface area contributed by atoms with Crippen LogP contribution in [0.15, 0.2) is 41.0 Å². The highest BCUT2D eigenvalue weighted by atomic mass is 32.2. The van der Waals surface area contributed by atoms with Crippen LogP contribution in [0.3, 0.4) is 0 Å². The monoisotopic (exact) mass is 264 g/mol. The molecule has 0 saturated heterocycles. The van der Waals surface area contributed by atoms with Crippen molar-refractivity contribution in [1.29, 1.82) is 0 Å². The Labute approximate surface area is 108 Å². The van der Waals surface area contributed by atoms with E-state index in [4.69, 9.17) is 9.52 Å². The lowest BCUT2D eigenvalue weighted by Gasteiger charge is -2.02. The minimum absolute atomic E-state index is 0.0955. The molecule has 0 fully saturated rings. The highest BCUT2D eigenvalue weighted by Gasteiger charge is 2.09. The van der Waals surface area contributed by atoms with Crippen LogP contribution in [0, 0.1) is 0 Å². The molecule has 0 aliphatic carbocycles. The van der Waals surface area contributed by atoms with Gasteiger partial charge in [0.05, 0.1) is 17.8 Å². The Morgan fingerprint density at radius 2 is 2.06 bits per heavy atom. The van der Waals surface area contributed by atoms with Crippen molar-refractivity contribution in [3.8, 4) is 11.5 Å². The molecule has 1 heterocycles. The van der Waals surface area contributed by atoms with Gasteiger partial charge in [-0.25, -0.2) is 0 Å². The summed E-state index contributed by atoms with van der Waals surface area (Å²) in [6, 6.07) is 7.72. The SMILES string of the molecule is O=C(CSCc1ccco1)c1ccc(O)c(O)c1. The Kier molecular flexibility index (Phi) is 3.94. The minimum atomic E-state index is -0.281. The molecule has 0 unspecified atom stereocenters. The number of ketones is 1. The van der Waals surface area contributed by atoms with Gasteiger partial charge in [-0.3, -0.25) is 4.79 Å². The topological polar surface area (TPSA) is 70.7 Å². The molecule has 1 aromatic carbocycles. The van der Waals surface area contributed by atoms with E-state index < -0.39 is 0 Å². The van der Waals surface area contributed by atoms with Gasteiger partial charge in [0.25, 0.3) is 0 Å². The van der Waals surface area contributed by atoms with Gasteiger partial charge in [0.1, 0.15) is 5.76 Å². The largest absolute Gasteiger partial charge is 0.504 e. The quantitative estimate of drug-likeness (QED) is 0.642. The van der Waals surface area contributed by atoms with Gasteiger partial charge >= 0.3 is 0 Å². The van der Waals surface area contributed by atoms with Crippen LogP contribution in [0.4, 0.5) is 0 Å². The molecule has 0 saturated carbocycles. The number of furan rings is 1. The number of hydrogen-bond acceptors (Lipinski definition) is 5. The molecule has 1 aromatic heterocycles. The van der Waals surface area contributed by atoms with E-state index in [1.54, 1.807) is 12.3 Å². The zero-order valence-electron chi connectivity index (χ0n) is 9.50. The zero-order valence-corrected chi connectivity index (χ0v) is 10.3. The molecule has 2 N–H and O–H groups in total. The molecule has 2 aromatic rings. The van der Waals surface area contributed by atoms with E-state index in [0.717, 1.165) is 5.76 Å². The first kappa shape index (κ1) is 12.6. The number of hydrogen-bond donors (Lipinski definition) is 2. The van der Waals surface area contributed by atoms with Crippen LogP contribution in [0.1, 0.15) is 16.1 Å². The molecule has 5 heteroatoms. The minimum Gasteiger partial charge on any atom is -0.504 e. The van der Waals surface area contributed by atoms with Gasteiger partial charge in [-0.05, 0) is 30.3 Å². The molecule has 0 aliphatic rings. The fourth-order valence-electron chi connectivity index (χ4n) is 1.42. The van der Waals surface area contributed by atoms with Crippen molar-refractivity contribution in [2.45, 2.75) is 5.75 Å². The fourth-order valence-corrected chi connectivity index (χ4v) is 2.24. The molecule has 0 aliphatic heterocycles. The van der Waals surface area contributed by atoms with E-state index in [2.05, 4.69) is 0 Å². The molecule has 4 nitrogen and oxygen atoms in total. The van der Waals surface area contributed by atoms with Crippen molar-refractivity contribution < 1.29 is 19.4 Å². The third kappa shape index (κ3) is 3.07. The summed E-state index contributed by atoms with van der Waals surface area (Å²) in [6.07, 6.45) is 1.59. The summed E-state index contributed by atoms with van der Waals surface area (Å²) < 4.78 is 5.15. The maximum atomic E-state index is 11.8. The first-order chi connectivity index (χ1) is 8.66. The molecule has 0 spiro atoms. The van der Waals surface area contributed by atoms with Gasteiger partial charge in [-0.15, -0.1) is 11.8 Å². The molecule has 0 bridgehead atoms. The van der Waals surface area contributed by atoms with Crippen LogP contribution in [-0.2, 0) is 5.75 Å². The normalized spacial score (nSPS) is 10.4. The second-order valence-electron chi connectivity index (χ2n) is 3.70. The van der Waals surface area contributed by atoms with Crippen molar-refractivity contribution in [3.05, 3.63) is 47.9 Å². The lowest BCUT2D eigenvalue weighted by molar-refractivity contribution is 0.102. The summed E-state index contributed by atoms with van der Waals surface area (Å²) in [4.78, 5) is 11.8. The van der Waals surface area contributed by atoms with E-state index in [-0.39, 0.29) is 17.3 Å². The maximum Gasteiger partial charge on any atom is 0.172 e. The van der Waals surface area contributed by atoms with E-state index in [0.29, 0.717) is 17.1 Å². The first-order valence-corrected chi connectivity index (χ1v) is 6.47. The number of thioether (sulfide) groups is 1. The molecular weight excluding hydrogens is 252 g/mol. The first-order valence-electron chi connectivity index (χ1n) is 5.32. The van der Waals surface area contributed by atoms with E-state index in [1.165, 1.54) is 30.0 Å². The Hall–Kier alpha value is -1.88. The highest BCUT2D eigenvalue weighted by molar-refractivity contribution is 7.99. The van der Waals surface area contributed by atoms with Crippen molar-refractivity contribution in [2.75, 3.05) is 5.75 Å². The molecule has 94 valence electrons. The highest BCUT2D eigenvalue weighted by Crippen LogP contribution is 2.25. The number of Topliss-reactive ketones (excluding diaryl/α,β-unsaturated/α-hetero) is 1. The van der Waals surface area contributed by atoms with Crippen LogP contribution < -0.4 is 0 Å².